The number of ether oxygens (including phenoxy) is 1. The van der Waals surface area contributed by atoms with Crippen LogP contribution in [0.3, 0.4) is 0 Å². The maximum absolute atomic E-state index is 13.9. The smallest absolute Gasteiger partial charge is 0.128 e. The van der Waals surface area contributed by atoms with Crippen molar-refractivity contribution in [3.63, 3.8) is 0 Å². The molecule has 1 atom stereocenters. The molecule has 4 heteroatoms. The van der Waals surface area contributed by atoms with Crippen molar-refractivity contribution in [2.45, 2.75) is 18.7 Å². The van der Waals surface area contributed by atoms with E-state index in [1.54, 1.807) is 13.2 Å². The van der Waals surface area contributed by atoms with Gasteiger partial charge >= 0.3 is 0 Å². The largest absolute Gasteiger partial charge is 0.496 e. The highest BCUT2D eigenvalue weighted by Gasteiger charge is 2.25. The summed E-state index contributed by atoms with van der Waals surface area (Å²) in [5, 5.41) is 3.32. The van der Waals surface area contributed by atoms with E-state index in [0.717, 1.165) is 34.9 Å². The zero-order chi connectivity index (χ0) is 11.5. The highest BCUT2D eigenvalue weighted by Crippen LogP contribution is 2.38. The molecule has 1 unspecified atom stereocenters. The molecule has 0 aromatic heterocycles. The third-order valence-electron chi connectivity index (χ3n) is 2.81. The van der Waals surface area contributed by atoms with Gasteiger partial charge in [0.1, 0.15) is 11.6 Å². The first-order valence-electron chi connectivity index (χ1n) is 5.44. The van der Waals surface area contributed by atoms with Gasteiger partial charge in [0.25, 0.3) is 0 Å². The lowest BCUT2D eigenvalue weighted by Gasteiger charge is -2.27. The molecule has 0 saturated carbocycles. The first-order valence-corrected chi connectivity index (χ1v) is 6.59. The number of rotatable bonds is 3. The van der Waals surface area contributed by atoms with E-state index in [4.69, 9.17) is 4.74 Å². The highest BCUT2D eigenvalue weighted by atomic mass is 32.2. The average Bonchev–Trinajstić information content (AvgIpc) is 2.30. The van der Waals surface area contributed by atoms with E-state index < -0.39 is 0 Å². The molecular weight excluding hydrogens is 225 g/mol. The molecule has 1 aliphatic heterocycles. The first-order chi connectivity index (χ1) is 7.77. The fourth-order valence-electron chi connectivity index (χ4n) is 2.10. The van der Waals surface area contributed by atoms with Crippen molar-refractivity contribution in [2.75, 3.05) is 19.4 Å². The predicted molar refractivity (Wildman–Crippen MR) is 65.5 cm³/mol. The standard InChI is InChI=1S/C12H16FNOS/c1-3-14-10-7-16-6-8-11(15-2)5-4-9(13)12(8)10/h4-5,10,14H,3,6-7H2,1-2H3. The van der Waals surface area contributed by atoms with Gasteiger partial charge in [-0.2, -0.15) is 11.8 Å². The Bertz CT molecular complexity index is 384. The first kappa shape index (κ1) is 11.7. The highest BCUT2D eigenvalue weighted by molar-refractivity contribution is 7.98. The lowest BCUT2D eigenvalue weighted by atomic mass is 10.00. The second-order valence-corrected chi connectivity index (χ2v) is 4.80. The van der Waals surface area contributed by atoms with Crippen LogP contribution in [0.25, 0.3) is 0 Å². The van der Waals surface area contributed by atoms with E-state index in [1.165, 1.54) is 6.07 Å². The number of nitrogens with one attached hydrogen (secondary N) is 1. The number of thioether (sulfide) groups is 1. The zero-order valence-corrected chi connectivity index (χ0v) is 10.4. The predicted octanol–water partition coefficient (Wildman–Crippen LogP) is 2.73. The van der Waals surface area contributed by atoms with Crippen molar-refractivity contribution in [1.82, 2.24) is 5.32 Å². The van der Waals surface area contributed by atoms with Gasteiger partial charge in [-0.3, -0.25) is 0 Å². The van der Waals surface area contributed by atoms with Crippen LogP contribution >= 0.6 is 11.8 Å². The number of hydrogen-bond acceptors (Lipinski definition) is 3. The van der Waals surface area contributed by atoms with Crippen LogP contribution in [0.4, 0.5) is 4.39 Å². The van der Waals surface area contributed by atoms with Crippen LogP contribution in [0.5, 0.6) is 5.75 Å². The second kappa shape index (κ2) is 5.06. The van der Waals surface area contributed by atoms with Gasteiger partial charge in [-0.1, -0.05) is 6.92 Å². The van der Waals surface area contributed by atoms with Crippen molar-refractivity contribution in [2.24, 2.45) is 0 Å². The minimum Gasteiger partial charge on any atom is -0.496 e. The van der Waals surface area contributed by atoms with Crippen LogP contribution in [0.1, 0.15) is 24.1 Å². The van der Waals surface area contributed by atoms with E-state index in [1.807, 2.05) is 18.7 Å². The summed E-state index contributed by atoms with van der Waals surface area (Å²) in [5.41, 5.74) is 1.80. The van der Waals surface area contributed by atoms with Crippen molar-refractivity contribution in [3.8, 4) is 5.75 Å². The Hall–Kier alpha value is -0.740. The van der Waals surface area contributed by atoms with Gasteiger partial charge in [-0.25, -0.2) is 4.39 Å². The average molecular weight is 241 g/mol. The molecule has 88 valence electrons. The molecule has 2 nitrogen and oxygen atoms in total. The molecule has 0 radical (unpaired) electrons. The number of methoxy groups -OCH3 is 1. The molecule has 1 N–H and O–H groups in total. The van der Waals surface area contributed by atoms with Gasteiger partial charge in [0.2, 0.25) is 0 Å². The summed E-state index contributed by atoms with van der Waals surface area (Å²) in [5.74, 6) is 2.43. The molecule has 0 spiro atoms. The van der Waals surface area contributed by atoms with Gasteiger partial charge < -0.3 is 10.1 Å². The summed E-state index contributed by atoms with van der Waals surface area (Å²) in [7, 11) is 1.63. The second-order valence-electron chi connectivity index (χ2n) is 3.77. The molecular formula is C12H16FNOS. The van der Waals surface area contributed by atoms with Crippen LogP contribution in [0, 0.1) is 5.82 Å². The van der Waals surface area contributed by atoms with Gasteiger partial charge in [-0.05, 0) is 18.7 Å². The quantitative estimate of drug-likeness (QED) is 0.879. The van der Waals surface area contributed by atoms with Gasteiger partial charge in [0, 0.05) is 28.7 Å². The van der Waals surface area contributed by atoms with E-state index in [-0.39, 0.29) is 11.9 Å². The van der Waals surface area contributed by atoms with Gasteiger partial charge in [0.05, 0.1) is 7.11 Å². The monoisotopic (exact) mass is 241 g/mol. The third kappa shape index (κ3) is 2.04. The van der Waals surface area contributed by atoms with E-state index >= 15 is 0 Å². The van der Waals surface area contributed by atoms with Crippen LogP contribution in [-0.4, -0.2) is 19.4 Å². The third-order valence-corrected chi connectivity index (χ3v) is 3.87. The molecule has 1 aromatic carbocycles. The Kier molecular flexibility index (Phi) is 3.71. The molecule has 1 aromatic rings. The van der Waals surface area contributed by atoms with Gasteiger partial charge in [-0.15, -0.1) is 0 Å². The number of halogens is 1. The molecule has 0 amide bonds. The maximum Gasteiger partial charge on any atom is 0.128 e. The summed E-state index contributed by atoms with van der Waals surface area (Å²) in [6.45, 7) is 2.89. The summed E-state index contributed by atoms with van der Waals surface area (Å²) < 4.78 is 19.1. The van der Waals surface area contributed by atoms with Crippen LogP contribution in [-0.2, 0) is 5.75 Å². The van der Waals surface area contributed by atoms with E-state index in [9.17, 15) is 4.39 Å². The Morgan fingerprint density at radius 3 is 3.06 bits per heavy atom. The summed E-state index contributed by atoms with van der Waals surface area (Å²) in [6, 6.07) is 3.31. The molecule has 1 heterocycles. The Labute approximate surface area is 99.6 Å². The SMILES string of the molecule is CCNC1CSCc2c(OC)ccc(F)c21. The summed E-state index contributed by atoms with van der Waals surface area (Å²) in [6.07, 6.45) is 0. The van der Waals surface area contributed by atoms with Crippen LogP contribution < -0.4 is 10.1 Å². The molecule has 16 heavy (non-hydrogen) atoms. The lowest BCUT2D eigenvalue weighted by Crippen LogP contribution is -2.27. The van der Waals surface area contributed by atoms with Gasteiger partial charge in [0.15, 0.2) is 0 Å². The van der Waals surface area contributed by atoms with Crippen molar-refractivity contribution in [3.05, 3.63) is 29.1 Å². The zero-order valence-electron chi connectivity index (χ0n) is 9.55. The molecule has 0 fully saturated rings. The Balaban J connectivity index is 2.45. The normalized spacial score (nSPS) is 19.3. The Morgan fingerprint density at radius 2 is 2.38 bits per heavy atom. The molecule has 0 aliphatic carbocycles. The summed E-state index contributed by atoms with van der Waals surface area (Å²) in [4.78, 5) is 0. The van der Waals surface area contributed by atoms with Crippen molar-refractivity contribution >= 4 is 11.8 Å². The number of benzene rings is 1. The minimum absolute atomic E-state index is 0.105. The maximum atomic E-state index is 13.9. The molecule has 2 rings (SSSR count). The molecule has 1 aliphatic rings. The van der Waals surface area contributed by atoms with E-state index in [2.05, 4.69) is 5.32 Å². The van der Waals surface area contributed by atoms with Crippen molar-refractivity contribution < 1.29 is 9.13 Å². The number of hydrogen-bond donors (Lipinski definition) is 1. The molecule has 0 bridgehead atoms. The number of fused-ring (bicyclic) bond motifs is 1. The Morgan fingerprint density at radius 1 is 1.56 bits per heavy atom. The lowest BCUT2D eigenvalue weighted by molar-refractivity contribution is 0.406. The van der Waals surface area contributed by atoms with Crippen molar-refractivity contribution in [1.29, 1.82) is 0 Å². The van der Waals surface area contributed by atoms with Crippen LogP contribution in [0.2, 0.25) is 0 Å². The fourth-order valence-corrected chi connectivity index (χ4v) is 3.24. The van der Waals surface area contributed by atoms with Crippen LogP contribution in [0.15, 0.2) is 12.1 Å². The summed E-state index contributed by atoms with van der Waals surface area (Å²) >= 11 is 1.81. The van der Waals surface area contributed by atoms with E-state index in [0.29, 0.717) is 0 Å². The topological polar surface area (TPSA) is 21.3 Å². The minimum atomic E-state index is -0.123. The fraction of sp³-hybridized carbons (Fsp3) is 0.500. The molecule has 0 saturated heterocycles.